The van der Waals surface area contributed by atoms with Crippen LogP contribution in [0.25, 0.3) is 0 Å². The van der Waals surface area contributed by atoms with Gasteiger partial charge in [-0.15, -0.1) is 10.2 Å². The van der Waals surface area contributed by atoms with E-state index in [0.29, 0.717) is 11.0 Å². The molecule has 0 aromatic carbocycles. The molecule has 1 aliphatic carbocycles. The number of hydrogen-bond donors (Lipinski definition) is 1. The van der Waals surface area contributed by atoms with Gasteiger partial charge in [0, 0.05) is 18.9 Å². The van der Waals surface area contributed by atoms with Crippen molar-refractivity contribution in [3.05, 3.63) is 5.01 Å². The molecule has 7 nitrogen and oxygen atoms in total. The van der Waals surface area contributed by atoms with E-state index in [9.17, 15) is 13.2 Å². The van der Waals surface area contributed by atoms with E-state index >= 15 is 0 Å². The van der Waals surface area contributed by atoms with Crippen molar-refractivity contribution in [3.8, 4) is 0 Å². The number of primary sulfonamides is 1. The molecule has 1 atom stereocenters. The van der Waals surface area contributed by atoms with E-state index in [1.165, 1.54) is 35.5 Å². The standard InChI is InChI=1S/C12H18N4O3S2/c13-21(18,19)9-6-10(17)16(7-9)12-15-14-11(20-12)8-4-2-1-3-5-8/h8-9H,1-7H2,(H2,13,18,19). The van der Waals surface area contributed by atoms with Crippen LogP contribution in [0, 0.1) is 0 Å². The third-order valence-corrected chi connectivity index (χ3v) is 6.52. The largest absolute Gasteiger partial charge is 0.285 e. The monoisotopic (exact) mass is 330 g/mol. The first kappa shape index (κ1) is 14.9. The Kier molecular flexibility index (Phi) is 3.98. The Morgan fingerprint density at radius 1 is 1.19 bits per heavy atom. The molecule has 0 spiro atoms. The van der Waals surface area contributed by atoms with E-state index in [1.54, 1.807) is 0 Å². The molecule has 1 amide bonds. The Morgan fingerprint density at radius 2 is 1.90 bits per heavy atom. The van der Waals surface area contributed by atoms with Crippen molar-refractivity contribution < 1.29 is 13.2 Å². The topological polar surface area (TPSA) is 106 Å². The lowest BCUT2D eigenvalue weighted by Crippen LogP contribution is -2.32. The molecule has 116 valence electrons. The molecule has 1 unspecified atom stereocenters. The van der Waals surface area contributed by atoms with Crippen LogP contribution in [0.5, 0.6) is 0 Å². The Morgan fingerprint density at radius 3 is 2.52 bits per heavy atom. The lowest BCUT2D eigenvalue weighted by Gasteiger charge is -2.18. The summed E-state index contributed by atoms with van der Waals surface area (Å²) in [5.41, 5.74) is 0. The lowest BCUT2D eigenvalue weighted by molar-refractivity contribution is -0.117. The minimum Gasteiger partial charge on any atom is -0.285 e. The zero-order valence-corrected chi connectivity index (χ0v) is 13.2. The van der Waals surface area contributed by atoms with E-state index in [2.05, 4.69) is 10.2 Å². The van der Waals surface area contributed by atoms with Crippen molar-refractivity contribution in [2.24, 2.45) is 5.14 Å². The fraction of sp³-hybridized carbons (Fsp3) is 0.750. The number of nitrogens with two attached hydrogens (primary N) is 1. The third kappa shape index (κ3) is 3.09. The molecular weight excluding hydrogens is 312 g/mol. The van der Waals surface area contributed by atoms with Crippen molar-refractivity contribution >= 4 is 32.4 Å². The summed E-state index contributed by atoms with van der Waals surface area (Å²) in [7, 11) is -3.70. The first-order valence-corrected chi connectivity index (χ1v) is 9.53. The van der Waals surface area contributed by atoms with Crippen molar-refractivity contribution in [1.82, 2.24) is 10.2 Å². The number of hydrogen-bond acceptors (Lipinski definition) is 6. The molecule has 2 N–H and O–H groups in total. The normalized spacial score (nSPS) is 24.7. The third-order valence-electron chi connectivity index (χ3n) is 4.17. The number of rotatable bonds is 3. The first-order valence-electron chi connectivity index (χ1n) is 7.10. The molecule has 0 bridgehead atoms. The Balaban J connectivity index is 1.75. The molecule has 1 aliphatic heterocycles. The number of nitrogens with zero attached hydrogens (tertiary/aromatic N) is 3. The summed E-state index contributed by atoms with van der Waals surface area (Å²) in [6.07, 6.45) is 5.83. The Labute approximate surface area is 127 Å². The number of amides is 1. The van der Waals surface area contributed by atoms with Crippen LogP contribution in [0.3, 0.4) is 0 Å². The SMILES string of the molecule is NS(=O)(=O)C1CC(=O)N(c2nnc(C3CCCCC3)s2)C1. The minimum atomic E-state index is -3.70. The van der Waals surface area contributed by atoms with E-state index in [1.807, 2.05) is 0 Å². The summed E-state index contributed by atoms with van der Waals surface area (Å²) in [5.74, 6) is 0.178. The van der Waals surface area contributed by atoms with Crippen LogP contribution in [0.4, 0.5) is 5.13 Å². The van der Waals surface area contributed by atoms with Gasteiger partial charge in [0.05, 0.1) is 0 Å². The second-order valence-corrected chi connectivity index (χ2v) is 8.51. The number of aromatic nitrogens is 2. The second-order valence-electron chi connectivity index (χ2n) is 5.68. The zero-order chi connectivity index (χ0) is 15.0. The molecule has 1 aromatic rings. The van der Waals surface area contributed by atoms with Gasteiger partial charge in [-0.3, -0.25) is 9.69 Å². The molecule has 0 radical (unpaired) electrons. The summed E-state index contributed by atoms with van der Waals surface area (Å²) in [6, 6.07) is 0. The summed E-state index contributed by atoms with van der Waals surface area (Å²) in [6.45, 7) is 0.0803. The number of sulfonamides is 1. The van der Waals surface area contributed by atoms with Gasteiger partial charge in [0.25, 0.3) is 0 Å². The molecule has 1 saturated heterocycles. The molecule has 2 aliphatic rings. The second kappa shape index (κ2) is 5.62. The highest BCUT2D eigenvalue weighted by atomic mass is 32.2. The van der Waals surface area contributed by atoms with E-state index in [0.717, 1.165) is 17.8 Å². The summed E-state index contributed by atoms with van der Waals surface area (Å²) in [4.78, 5) is 13.4. The van der Waals surface area contributed by atoms with Gasteiger partial charge < -0.3 is 0 Å². The summed E-state index contributed by atoms with van der Waals surface area (Å²) < 4.78 is 22.7. The van der Waals surface area contributed by atoms with Crippen molar-refractivity contribution in [2.45, 2.75) is 49.7 Å². The van der Waals surface area contributed by atoms with Crippen LogP contribution >= 0.6 is 11.3 Å². The highest BCUT2D eigenvalue weighted by Gasteiger charge is 2.38. The number of carbonyl (C=O) groups is 1. The Hall–Kier alpha value is -1.06. The van der Waals surface area contributed by atoms with Crippen LogP contribution < -0.4 is 10.0 Å². The van der Waals surface area contributed by atoms with Crippen LogP contribution in [-0.4, -0.2) is 36.3 Å². The Bertz CT molecular complexity index is 637. The van der Waals surface area contributed by atoms with E-state index < -0.39 is 15.3 Å². The molecule has 3 rings (SSSR count). The first-order chi connectivity index (χ1) is 9.95. The maximum absolute atomic E-state index is 12.0. The summed E-state index contributed by atoms with van der Waals surface area (Å²) in [5, 5.41) is 14.0. The quantitative estimate of drug-likeness (QED) is 0.889. The lowest BCUT2D eigenvalue weighted by atomic mass is 9.90. The maximum Gasteiger partial charge on any atom is 0.230 e. The maximum atomic E-state index is 12.0. The molecule has 21 heavy (non-hydrogen) atoms. The fourth-order valence-corrected chi connectivity index (χ4v) is 4.70. The highest BCUT2D eigenvalue weighted by Crippen LogP contribution is 2.37. The molecule has 9 heteroatoms. The summed E-state index contributed by atoms with van der Waals surface area (Å²) >= 11 is 1.40. The number of anilines is 1. The van der Waals surface area contributed by atoms with Gasteiger partial charge in [-0.1, -0.05) is 30.6 Å². The molecule has 1 saturated carbocycles. The van der Waals surface area contributed by atoms with Crippen LogP contribution in [0.15, 0.2) is 0 Å². The average Bonchev–Trinajstić information content (AvgIpc) is 3.05. The van der Waals surface area contributed by atoms with E-state index in [4.69, 9.17) is 5.14 Å². The van der Waals surface area contributed by atoms with Crippen molar-refractivity contribution in [3.63, 3.8) is 0 Å². The predicted molar refractivity (Wildman–Crippen MR) is 79.6 cm³/mol. The highest BCUT2D eigenvalue weighted by molar-refractivity contribution is 7.89. The van der Waals surface area contributed by atoms with Crippen molar-refractivity contribution in [2.75, 3.05) is 11.4 Å². The molecular formula is C12H18N4O3S2. The van der Waals surface area contributed by atoms with Crippen LogP contribution in [0.1, 0.15) is 49.5 Å². The van der Waals surface area contributed by atoms with Gasteiger partial charge in [0.1, 0.15) is 10.3 Å². The van der Waals surface area contributed by atoms with Crippen LogP contribution in [0.2, 0.25) is 0 Å². The molecule has 2 fully saturated rings. The molecule has 2 heterocycles. The van der Waals surface area contributed by atoms with Gasteiger partial charge in [0.15, 0.2) is 0 Å². The smallest absolute Gasteiger partial charge is 0.230 e. The van der Waals surface area contributed by atoms with Crippen LogP contribution in [-0.2, 0) is 14.8 Å². The van der Waals surface area contributed by atoms with Gasteiger partial charge in [0.2, 0.25) is 21.1 Å². The van der Waals surface area contributed by atoms with Gasteiger partial charge in [-0.05, 0) is 12.8 Å². The molecule has 1 aromatic heterocycles. The minimum absolute atomic E-state index is 0.0722. The average molecular weight is 330 g/mol. The van der Waals surface area contributed by atoms with E-state index in [-0.39, 0.29) is 18.9 Å². The van der Waals surface area contributed by atoms with Gasteiger partial charge >= 0.3 is 0 Å². The zero-order valence-electron chi connectivity index (χ0n) is 11.6. The number of carbonyl (C=O) groups excluding carboxylic acids is 1. The van der Waals surface area contributed by atoms with Gasteiger partial charge in [-0.25, -0.2) is 13.6 Å². The predicted octanol–water partition coefficient (Wildman–Crippen LogP) is 0.980. The van der Waals surface area contributed by atoms with Crippen molar-refractivity contribution in [1.29, 1.82) is 0 Å². The van der Waals surface area contributed by atoms with Gasteiger partial charge in [-0.2, -0.15) is 0 Å². The fourth-order valence-electron chi connectivity index (χ4n) is 2.93.